The Bertz CT molecular complexity index is 1120. The van der Waals surface area contributed by atoms with Crippen LogP contribution in [0.15, 0.2) is 48.5 Å². The highest BCUT2D eigenvalue weighted by Gasteiger charge is 2.34. The summed E-state index contributed by atoms with van der Waals surface area (Å²) >= 11 is 0. The van der Waals surface area contributed by atoms with Crippen LogP contribution in [0.1, 0.15) is 37.3 Å². The molecule has 36 heavy (non-hydrogen) atoms. The Labute approximate surface area is 206 Å². The molecule has 3 amide bonds. The van der Waals surface area contributed by atoms with Crippen molar-refractivity contribution in [2.45, 2.75) is 44.7 Å². The average Bonchev–Trinajstić information content (AvgIpc) is 2.80. The molecule has 0 aliphatic rings. The topological polar surface area (TPSA) is 171 Å². The van der Waals surface area contributed by atoms with Crippen molar-refractivity contribution >= 4 is 29.4 Å². The van der Waals surface area contributed by atoms with Crippen LogP contribution in [0.3, 0.4) is 0 Å². The van der Waals surface area contributed by atoms with E-state index in [0.29, 0.717) is 11.1 Å². The molecule has 0 aromatic heterocycles. The van der Waals surface area contributed by atoms with Crippen LogP contribution in [0.4, 0.5) is 10.1 Å². The first-order valence-corrected chi connectivity index (χ1v) is 11.0. The minimum atomic E-state index is -1.44. The fourth-order valence-corrected chi connectivity index (χ4v) is 3.65. The summed E-state index contributed by atoms with van der Waals surface area (Å²) in [6, 6.07) is 7.90. The number of hydrogen-bond donors (Lipinski definition) is 3. The van der Waals surface area contributed by atoms with Gasteiger partial charge in [0.1, 0.15) is 17.9 Å². The first-order chi connectivity index (χ1) is 17.0. The second-order valence-electron chi connectivity index (χ2n) is 7.94. The summed E-state index contributed by atoms with van der Waals surface area (Å²) in [4.78, 5) is 60.0. The van der Waals surface area contributed by atoms with Crippen molar-refractivity contribution in [1.29, 1.82) is 0 Å². The number of rotatable bonds is 12. The third-order valence-corrected chi connectivity index (χ3v) is 5.25. The average molecular weight is 502 g/mol. The van der Waals surface area contributed by atoms with Crippen molar-refractivity contribution in [3.63, 3.8) is 0 Å². The van der Waals surface area contributed by atoms with Crippen LogP contribution in [-0.4, -0.2) is 47.3 Å². The summed E-state index contributed by atoms with van der Waals surface area (Å²) in [5.74, 6) is -4.56. The van der Waals surface area contributed by atoms with E-state index < -0.39 is 52.4 Å². The number of carbonyl (C=O) groups is 4. The summed E-state index contributed by atoms with van der Waals surface area (Å²) in [5.41, 5.74) is 6.09. The standard InChI is InChI=1S/C24H27FN4O7/c1-3-36-21(31)13-19(16-7-9-18(10-8-16)29(34)35)22(23(26)32)28-24(33)20(27-14(2)30)12-15-5-4-6-17(25)11-15/h4-11,19-20,22H,3,12-13H2,1-2H3,(H2,26,32)(H,27,30)(H,28,33)/t19-,20-,22+/m1/s1. The second-order valence-corrected chi connectivity index (χ2v) is 7.94. The van der Waals surface area contributed by atoms with Crippen LogP contribution in [0, 0.1) is 15.9 Å². The number of non-ortho nitro benzene ring substituents is 1. The molecule has 0 unspecified atom stereocenters. The van der Waals surface area contributed by atoms with Gasteiger partial charge in [-0.1, -0.05) is 24.3 Å². The third-order valence-electron chi connectivity index (χ3n) is 5.25. The van der Waals surface area contributed by atoms with Crippen LogP contribution in [0.25, 0.3) is 0 Å². The van der Waals surface area contributed by atoms with E-state index in [4.69, 9.17) is 10.5 Å². The molecule has 0 fully saturated rings. The first-order valence-electron chi connectivity index (χ1n) is 11.0. The number of ether oxygens (including phenoxy) is 1. The molecule has 0 spiro atoms. The van der Waals surface area contributed by atoms with Gasteiger partial charge in [0.15, 0.2) is 0 Å². The van der Waals surface area contributed by atoms with Crippen LogP contribution >= 0.6 is 0 Å². The molecule has 0 radical (unpaired) electrons. The normalized spacial score (nSPS) is 13.1. The van der Waals surface area contributed by atoms with Gasteiger partial charge in [-0.2, -0.15) is 0 Å². The summed E-state index contributed by atoms with van der Waals surface area (Å²) in [7, 11) is 0. The molecule has 0 saturated carbocycles. The van der Waals surface area contributed by atoms with Crippen molar-refractivity contribution < 1.29 is 33.2 Å². The zero-order valence-corrected chi connectivity index (χ0v) is 19.7. The highest BCUT2D eigenvalue weighted by atomic mass is 19.1. The number of primary amides is 1. The first kappa shape index (κ1) is 27.9. The molecule has 4 N–H and O–H groups in total. The minimum absolute atomic E-state index is 0.0671. The number of halogens is 1. The van der Waals surface area contributed by atoms with Gasteiger partial charge < -0.3 is 21.1 Å². The van der Waals surface area contributed by atoms with Crippen LogP contribution in [0.5, 0.6) is 0 Å². The third kappa shape index (κ3) is 8.15. The molecule has 3 atom stereocenters. The molecule has 0 heterocycles. The summed E-state index contributed by atoms with van der Waals surface area (Å²) in [6.45, 7) is 2.85. The second kappa shape index (κ2) is 12.9. The lowest BCUT2D eigenvalue weighted by molar-refractivity contribution is -0.384. The van der Waals surface area contributed by atoms with E-state index in [1.165, 1.54) is 49.4 Å². The molecule has 12 heteroatoms. The summed E-state index contributed by atoms with van der Waals surface area (Å²) in [6.07, 6.45) is -0.455. The molecule has 2 rings (SSSR count). The Morgan fingerprint density at radius 3 is 2.31 bits per heavy atom. The van der Waals surface area contributed by atoms with E-state index in [2.05, 4.69) is 10.6 Å². The zero-order chi connectivity index (χ0) is 26.8. The number of nitrogens with zero attached hydrogens (tertiary/aromatic N) is 1. The Kier molecular flexibility index (Phi) is 10.0. The fraction of sp³-hybridized carbons (Fsp3) is 0.333. The van der Waals surface area contributed by atoms with Crippen LogP contribution < -0.4 is 16.4 Å². The molecule has 2 aromatic rings. The maximum atomic E-state index is 13.6. The van der Waals surface area contributed by atoms with Crippen molar-refractivity contribution in [1.82, 2.24) is 10.6 Å². The number of nitro benzene ring substituents is 1. The highest BCUT2D eigenvalue weighted by molar-refractivity contribution is 5.92. The largest absolute Gasteiger partial charge is 0.466 e. The molecule has 11 nitrogen and oxygen atoms in total. The van der Waals surface area contributed by atoms with E-state index in [0.717, 1.165) is 0 Å². The fourth-order valence-electron chi connectivity index (χ4n) is 3.65. The van der Waals surface area contributed by atoms with Gasteiger partial charge in [-0.3, -0.25) is 29.3 Å². The Morgan fingerprint density at radius 2 is 1.78 bits per heavy atom. The Morgan fingerprint density at radius 1 is 1.11 bits per heavy atom. The lowest BCUT2D eigenvalue weighted by Gasteiger charge is -2.27. The van der Waals surface area contributed by atoms with E-state index in [-0.39, 0.29) is 25.1 Å². The van der Waals surface area contributed by atoms with Crippen molar-refractivity contribution in [3.8, 4) is 0 Å². The van der Waals surface area contributed by atoms with Gasteiger partial charge in [-0.05, 0) is 30.2 Å². The highest BCUT2D eigenvalue weighted by Crippen LogP contribution is 2.27. The number of carbonyl (C=O) groups excluding carboxylic acids is 4. The van der Waals surface area contributed by atoms with Crippen molar-refractivity contribution in [2.75, 3.05) is 6.61 Å². The molecule has 0 aliphatic carbocycles. The van der Waals surface area contributed by atoms with Gasteiger partial charge in [-0.15, -0.1) is 0 Å². The quantitative estimate of drug-likeness (QED) is 0.224. The number of benzene rings is 2. The van der Waals surface area contributed by atoms with Gasteiger partial charge >= 0.3 is 5.97 Å². The van der Waals surface area contributed by atoms with Gasteiger partial charge in [0, 0.05) is 31.4 Å². The van der Waals surface area contributed by atoms with Gasteiger partial charge in [0.25, 0.3) is 5.69 Å². The van der Waals surface area contributed by atoms with Crippen molar-refractivity contribution in [2.24, 2.45) is 5.73 Å². The smallest absolute Gasteiger partial charge is 0.306 e. The minimum Gasteiger partial charge on any atom is -0.466 e. The number of amides is 3. The Hall–Kier alpha value is -4.35. The molecule has 2 aromatic carbocycles. The van der Waals surface area contributed by atoms with Crippen LogP contribution in [0.2, 0.25) is 0 Å². The van der Waals surface area contributed by atoms with Gasteiger partial charge in [-0.25, -0.2) is 4.39 Å². The van der Waals surface area contributed by atoms with Gasteiger partial charge in [0.2, 0.25) is 17.7 Å². The summed E-state index contributed by atoms with van der Waals surface area (Å²) in [5, 5.41) is 15.9. The number of nitrogens with two attached hydrogens (primary N) is 1. The lowest BCUT2D eigenvalue weighted by Crippen LogP contribution is -2.55. The van der Waals surface area contributed by atoms with E-state index in [1.807, 2.05) is 0 Å². The van der Waals surface area contributed by atoms with Crippen LogP contribution in [-0.2, 0) is 30.3 Å². The van der Waals surface area contributed by atoms with E-state index >= 15 is 0 Å². The SMILES string of the molecule is CCOC(=O)C[C@H](c1ccc([N+](=O)[O-])cc1)[C@H](NC(=O)[C@@H](Cc1cccc(F)c1)NC(C)=O)C(N)=O. The molecule has 0 saturated heterocycles. The maximum absolute atomic E-state index is 13.6. The molecule has 0 aliphatic heterocycles. The molecular formula is C24H27FN4O7. The zero-order valence-electron chi connectivity index (χ0n) is 19.7. The monoisotopic (exact) mass is 502 g/mol. The molecule has 192 valence electrons. The molecule has 0 bridgehead atoms. The predicted molar refractivity (Wildman–Crippen MR) is 126 cm³/mol. The maximum Gasteiger partial charge on any atom is 0.306 e. The number of esters is 1. The summed E-state index contributed by atoms with van der Waals surface area (Å²) < 4.78 is 18.6. The number of nitro groups is 1. The van der Waals surface area contributed by atoms with E-state index in [1.54, 1.807) is 13.0 Å². The van der Waals surface area contributed by atoms with E-state index in [9.17, 15) is 33.7 Å². The number of hydrogen-bond acceptors (Lipinski definition) is 7. The lowest BCUT2D eigenvalue weighted by atomic mass is 9.87. The Balaban J connectivity index is 2.38. The van der Waals surface area contributed by atoms with Crippen molar-refractivity contribution in [3.05, 3.63) is 75.6 Å². The molecular weight excluding hydrogens is 475 g/mol. The predicted octanol–water partition coefficient (Wildman–Crippen LogP) is 1.49. The van der Waals surface area contributed by atoms with Gasteiger partial charge in [0.05, 0.1) is 18.0 Å². The number of nitrogens with one attached hydrogen (secondary N) is 2.